The molecular weight excluding hydrogens is 326 g/mol. The van der Waals surface area contributed by atoms with E-state index in [4.69, 9.17) is 0 Å². The normalized spacial score (nSPS) is 18.0. The van der Waals surface area contributed by atoms with Gasteiger partial charge in [0, 0.05) is 58.2 Å². The van der Waals surface area contributed by atoms with Crippen LogP contribution < -0.4 is 10.6 Å². The minimum atomic E-state index is -0.0483. The van der Waals surface area contributed by atoms with Crippen molar-refractivity contribution in [2.24, 2.45) is 7.05 Å². The van der Waals surface area contributed by atoms with Crippen LogP contribution in [-0.4, -0.2) is 47.0 Å². The molecule has 0 aliphatic carbocycles. The molecule has 3 rings (SSSR count). The van der Waals surface area contributed by atoms with E-state index in [9.17, 15) is 4.79 Å². The first-order chi connectivity index (χ1) is 11.2. The molecule has 0 saturated carbocycles. The van der Waals surface area contributed by atoms with Gasteiger partial charge in [0.05, 0.1) is 6.04 Å². The summed E-state index contributed by atoms with van der Waals surface area (Å²) in [6.45, 7) is 3.63. The summed E-state index contributed by atoms with van der Waals surface area (Å²) >= 11 is 0. The van der Waals surface area contributed by atoms with Crippen LogP contribution in [0.3, 0.4) is 0 Å². The first-order valence-electron chi connectivity index (χ1n) is 7.92. The zero-order valence-corrected chi connectivity index (χ0v) is 14.8. The third-order valence-corrected chi connectivity index (χ3v) is 4.31. The number of halogens is 1. The van der Waals surface area contributed by atoms with E-state index in [0.717, 1.165) is 37.6 Å². The fourth-order valence-corrected chi connectivity index (χ4v) is 3.08. The molecule has 0 bridgehead atoms. The first kappa shape index (κ1) is 18.4. The van der Waals surface area contributed by atoms with Gasteiger partial charge in [-0.25, -0.2) is 4.98 Å². The van der Waals surface area contributed by atoms with Gasteiger partial charge in [0.2, 0.25) is 0 Å². The molecule has 1 aromatic carbocycles. The van der Waals surface area contributed by atoms with Crippen LogP contribution in [0, 0.1) is 0 Å². The number of hydrogen-bond acceptors (Lipinski definition) is 4. The number of carbonyl (C=O) groups is 1. The number of nitrogens with zero attached hydrogens (tertiary/aromatic N) is 3. The Balaban J connectivity index is 0.00000208. The monoisotopic (exact) mass is 349 g/mol. The van der Waals surface area contributed by atoms with Crippen molar-refractivity contribution >= 4 is 18.3 Å². The van der Waals surface area contributed by atoms with Crippen molar-refractivity contribution in [1.82, 2.24) is 25.1 Å². The zero-order chi connectivity index (χ0) is 16.2. The highest BCUT2D eigenvalue weighted by Crippen LogP contribution is 2.23. The molecular formula is C17H24ClN5O. The van der Waals surface area contributed by atoms with E-state index in [-0.39, 0.29) is 24.4 Å². The average molecular weight is 350 g/mol. The number of imidazole rings is 1. The van der Waals surface area contributed by atoms with Crippen molar-refractivity contribution in [3.63, 3.8) is 0 Å². The van der Waals surface area contributed by atoms with Crippen LogP contribution in [0.15, 0.2) is 36.7 Å². The lowest BCUT2D eigenvalue weighted by Crippen LogP contribution is -2.46. The Morgan fingerprint density at radius 1 is 1.46 bits per heavy atom. The summed E-state index contributed by atoms with van der Waals surface area (Å²) < 4.78 is 2.08. The Labute approximate surface area is 148 Å². The average Bonchev–Trinajstić information content (AvgIpc) is 3.01. The van der Waals surface area contributed by atoms with E-state index in [0.29, 0.717) is 5.56 Å². The highest BCUT2D eigenvalue weighted by atomic mass is 35.5. The summed E-state index contributed by atoms with van der Waals surface area (Å²) in [4.78, 5) is 18.7. The van der Waals surface area contributed by atoms with Crippen LogP contribution in [0.4, 0.5) is 0 Å². The smallest absolute Gasteiger partial charge is 0.251 e. The highest BCUT2D eigenvalue weighted by Gasteiger charge is 2.26. The molecule has 2 aromatic rings. The van der Waals surface area contributed by atoms with Gasteiger partial charge in [0.1, 0.15) is 5.82 Å². The summed E-state index contributed by atoms with van der Waals surface area (Å²) in [6, 6.07) is 8.07. The van der Waals surface area contributed by atoms with Crippen molar-refractivity contribution in [3.8, 4) is 0 Å². The fourth-order valence-electron chi connectivity index (χ4n) is 3.08. The van der Waals surface area contributed by atoms with Crippen LogP contribution in [0.5, 0.6) is 0 Å². The summed E-state index contributed by atoms with van der Waals surface area (Å²) in [5.41, 5.74) is 1.85. The number of nitrogens with one attached hydrogen (secondary N) is 2. The van der Waals surface area contributed by atoms with Crippen LogP contribution in [0.25, 0.3) is 0 Å². The Hall–Kier alpha value is -1.89. The van der Waals surface area contributed by atoms with E-state index >= 15 is 0 Å². The van der Waals surface area contributed by atoms with Crippen molar-refractivity contribution in [2.75, 3.05) is 26.7 Å². The highest BCUT2D eigenvalue weighted by molar-refractivity contribution is 5.94. The SMILES string of the molecule is CNC(=O)c1cccc(CN2CCNCC2c2nccn2C)c1.Cl. The maximum atomic E-state index is 11.8. The number of benzene rings is 1. The molecule has 1 aliphatic heterocycles. The van der Waals surface area contributed by atoms with E-state index in [1.165, 1.54) is 0 Å². The first-order valence-corrected chi connectivity index (χ1v) is 7.92. The number of rotatable bonds is 4. The van der Waals surface area contributed by atoms with Gasteiger partial charge in [-0.1, -0.05) is 12.1 Å². The Kier molecular flexibility index (Phi) is 6.36. The number of carbonyl (C=O) groups excluding carboxylic acids is 1. The minimum Gasteiger partial charge on any atom is -0.355 e. The second-order valence-corrected chi connectivity index (χ2v) is 5.87. The third-order valence-electron chi connectivity index (χ3n) is 4.31. The van der Waals surface area contributed by atoms with Crippen LogP contribution >= 0.6 is 12.4 Å². The van der Waals surface area contributed by atoms with E-state index in [1.54, 1.807) is 7.05 Å². The molecule has 1 saturated heterocycles. The molecule has 24 heavy (non-hydrogen) atoms. The molecule has 1 amide bonds. The predicted octanol–water partition coefficient (Wildman–Crippen LogP) is 1.35. The lowest BCUT2D eigenvalue weighted by atomic mass is 10.1. The molecule has 1 atom stereocenters. The van der Waals surface area contributed by atoms with Gasteiger partial charge < -0.3 is 15.2 Å². The number of amides is 1. The van der Waals surface area contributed by atoms with Gasteiger partial charge in [-0.2, -0.15) is 0 Å². The summed E-state index contributed by atoms with van der Waals surface area (Å²) in [5.74, 6) is 1.02. The fraction of sp³-hybridized carbons (Fsp3) is 0.412. The summed E-state index contributed by atoms with van der Waals surface area (Å²) in [5, 5.41) is 6.12. The molecule has 1 fully saturated rings. The number of aromatic nitrogens is 2. The standard InChI is InChI=1S/C17H23N5O.ClH/c1-18-17(23)14-5-3-4-13(10-14)12-22-9-6-19-11-15(22)16-20-7-8-21(16)2;/h3-5,7-8,10,15,19H,6,9,11-12H2,1-2H3,(H,18,23);1H. The van der Waals surface area contributed by atoms with Crippen molar-refractivity contribution < 1.29 is 4.79 Å². The van der Waals surface area contributed by atoms with Crippen molar-refractivity contribution in [1.29, 1.82) is 0 Å². The van der Waals surface area contributed by atoms with Gasteiger partial charge in [0.25, 0.3) is 5.91 Å². The predicted molar refractivity (Wildman–Crippen MR) is 96.3 cm³/mol. The Morgan fingerprint density at radius 2 is 2.29 bits per heavy atom. The maximum Gasteiger partial charge on any atom is 0.251 e. The number of piperazine rings is 1. The van der Waals surface area contributed by atoms with Crippen molar-refractivity contribution in [2.45, 2.75) is 12.6 Å². The van der Waals surface area contributed by atoms with Crippen LogP contribution in [0.2, 0.25) is 0 Å². The molecule has 0 spiro atoms. The number of aryl methyl sites for hydroxylation is 1. The third kappa shape index (κ3) is 3.95. The Morgan fingerprint density at radius 3 is 3.00 bits per heavy atom. The molecule has 1 aromatic heterocycles. The zero-order valence-electron chi connectivity index (χ0n) is 14.0. The van der Waals surface area contributed by atoms with Crippen LogP contribution in [0.1, 0.15) is 27.8 Å². The molecule has 0 radical (unpaired) electrons. The molecule has 1 aliphatic rings. The van der Waals surface area contributed by atoms with Gasteiger partial charge in [-0.15, -0.1) is 12.4 Å². The molecule has 2 N–H and O–H groups in total. The molecule has 130 valence electrons. The second kappa shape index (κ2) is 8.28. The quantitative estimate of drug-likeness (QED) is 0.874. The van der Waals surface area contributed by atoms with Gasteiger partial charge in [0.15, 0.2) is 0 Å². The lowest BCUT2D eigenvalue weighted by molar-refractivity contribution is 0.0962. The van der Waals surface area contributed by atoms with Gasteiger partial charge in [-0.3, -0.25) is 9.69 Å². The maximum absolute atomic E-state index is 11.8. The van der Waals surface area contributed by atoms with Crippen molar-refractivity contribution in [3.05, 3.63) is 53.6 Å². The van der Waals surface area contributed by atoms with E-state index in [1.807, 2.05) is 37.6 Å². The Bertz CT molecular complexity index is 687. The van der Waals surface area contributed by atoms with Gasteiger partial charge in [-0.05, 0) is 17.7 Å². The molecule has 7 heteroatoms. The summed E-state index contributed by atoms with van der Waals surface area (Å²) in [6.07, 6.45) is 3.82. The van der Waals surface area contributed by atoms with E-state index < -0.39 is 0 Å². The van der Waals surface area contributed by atoms with Crippen LogP contribution in [-0.2, 0) is 13.6 Å². The molecule has 2 heterocycles. The van der Waals surface area contributed by atoms with E-state index in [2.05, 4.69) is 31.2 Å². The van der Waals surface area contributed by atoms with Gasteiger partial charge >= 0.3 is 0 Å². The number of hydrogen-bond donors (Lipinski definition) is 2. The minimum absolute atomic E-state index is 0. The lowest BCUT2D eigenvalue weighted by Gasteiger charge is -2.35. The largest absolute Gasteiger partial charge is 0.355 e. The topological polar surface area (TPSA) is 62.2 Å². The second-order valence-electron chi connectivity index (χ2n) is 5.87. The molecule has 6 nitrogen and oxygen atoms in total. The molecule has 1 unspecified atom stereocenters. The summed E-state index contributed by atoms with van der Waals surface area (Å²) in [7, 11) is 3.68.